The number of hydrogen-bond donors (Lipinski definition) is 0. The minimum atomic E-state index is 1.17. The molecule has 0 unspecified atom stereocenters. The molecule has 0 nitrogen and oxygen atoms in total. The Morgan fingerprint density at radius 1 is 1.36 bits per heavy atom. The van der Waals surface area contributed by atoms with Crippen molar-refractivity contribution in [2.24, 2.45) is 0 Å². The number of allylic oxidation sites excluding steroid dienone is 4. The highest BCUT2D eigenvalue weighted by atomic mass is 32.2. The molecule has 0 bridgehead atoms. The van der Waals surface area contributed by atoms with E-state index in [1.807, 2.05) is 45.3 Å². The molecule has 0 saturated carbocycles. The maximum Gasteiger partial charge on any atom is -0.0142 e. The number of thioether (sulfide) groups is 1. The van der Waals surface area contributed by atoms with Gasteiger partial charge in [-0.15, -0.1) is 11.8 Å². The molecule has 0 radical (unpaired) electrons. The largest absolute Gasteiger partial charge is 0.137 e. The topological polar surface area (TPSA) is 0 Å². The van der Waals surface area contributed by atoms with Crippen molar-refractivity contribution < 1.29 is 0 Å². The molecule has 0 aliphatic heterocycles. The quantitative estimate of drug-likeness (QED) is 0.576. The molecule has 0 heterocycles. The van der Waals surface area contributed by atoms with Crippen molar-refractivity contribution in [3.63, 3.8) is 0 Å². The van der Waals surface area contributed by atoms with Gasteiger partial charge >= 0.3 is 0 Å². The van der Waals surface area contributed by atoms with E-state index >= 15 is 0 Å². The van der Waals surface area contributed by atoms with Crippen LogP contribution < -0.4 is 0 Å². The molecule has 0 aliphatic rings. The summed E-state index contributed by atoms with van der Waals surface area (Å²) in [7, 11) is 0. The van der Waals surface area contributed by atoms with Gasteiger partial charge in [0.15, 0.2) is 0 Å². The highest BCUT2D eigenvalue weighted by Gasteiger charge is 1.78. The predicted molar refractivity (Wildman–Crippen MR) is 58.0 cm³/mol. The lowest BCUT2D eigenvalue weighted by Crippen LogP contribution is -1.64. The summed E-state index contributed by atoms with van der Waals surface area (Å²) in [5.74, 6) is 0. The molecule has 0 aromatic heterocycles. The molecule has 0 N–H and O–H groups in total. The lowest BCUT2D eigenvalue weighted by molar-refractivity contribution is 1.50. The van der Waals surface area contributed by atoms with E-state index in [-0.39, 0.29) is 0 Å². The van der Waals surface area contributed by atoms with Crippen molar-refractivity contribution >= 4 is 11.8 Å². The fourth-order valence-corrected chi connectivity index (χ4v) is 0.931. The van der Waals surface area contributed by atoms with Crippen LogP contribution in [-0.4, -0.2) is 6.26 Å². The summed E-state index contributed by atoms with van der Waals surface area (Å²) in [6.07, 6.45) is 7.91. The van der Waals surface area contributed by atoms with Crippen LogP contribution in [0.1, 0.15) is 20.8 Å². The molecule has 0 rings (SSSR count). The van der Waals surface area contributed by atoms with E-state index in [1.54, 1.807) is 11.8 Å². The first-order valence-electron chi connectivity index (χ1n) is 3.83. The van der Waals surface area contributed by atoms with Crippen LogP contribution in [0.5, 0.6) is 0 Å². The molecule has 0 aliphatic carbocycles. The van der Waals surface area contributed by atoms with Crippen LogP contribution in [0.3, 0.4) is 0 Å². The minimum absolute atomic E-state index is 1.17. The maximum absolute atomic E-state index is 3.67. The van der Waals surface area contributed by atoms with Crippen LogP contribution in [0.15, 0.2) is 35.8 Å². The second-order valence-corrected chi connectivity index (χ2v) is 2.26. The second-order valence-electron chi connectivity index (χ2n) is 1.56. The first-order chi connectivity index (χ1) is 5.35. The summed E-state index contributed by atoms with van der Waals surface area (Å²) in [6, 6.07) is 0. The number of rotatable bonds is 3. The lowest BCUT2D eigenvalue weighted by Gasteiger charge is -1.87. The van der Waals surface area contributed by atoms with Gasteiger partial charge in [0.2, 0.25) is 0 Å². The van der Waals surface area contributed by atoms with Gasteiger partial charge in [-0.2, -0.15) is 0 Å². The summed E-state index contributed by atoms with van der Waals surface area (Å²) < 4.78 is 0. The first-order valence-corrected chi connectivity index (χ1v) is 5.12. The molecular weight excluding hydrogens is 152 g/mol. The molecule has 0 spiro atoms. The van der Waals surface area contributed by atoms with Gasteiger partial charge in [-0.1, -0.05) is 38.7 Å². The Kier molecular flexibility index (Phi) is 14.7. The van der Waals surface area contributed by atoms with Gasteiger partial charge in [0.25, 0.3) is 0 Å². The fourth-order valence-electron chi connectivity index (χ4n) is 0.484. The Labute approximate surface area is 75.1 Å². The molecule has 0 aromatic rings. The van der Waals surface area contributed by atoms with E-state index in [1.165, 1.54) is 5.57 Å². The van der Waals surface area contributed by atoms with E-state index in [2.05, 4.69) is 12.0 Å². The SMILES string of the molecule is C=CC(/C=C/C)=C\SC.CC. The average Bonchev–Trinajstić information content (AvgIpc) is 2.08. The van der Waals surface area contributed by atoms with Gasteiger partial charge in [0.1, 0.15) is 0 Å². The summed E-state index contributed by atoms with van der Waals surface area (Å²) in [5.41, 5.74) is 1.17. The standard InChI is InChI=1S/C8H12S.C2H6/c1-4-6-8(5-2)7-9-3;1-2/h4-7H,2H2,1,3H3;1-2H3/b6-4+,8-7+;. The summed E-state index contributed by atoms with van der Waals surface area (Å²) in [6.45, 7) is 9.66. The molecule has 0 amide bonds. The Hall–Kier alpha value is -0.430. The Balaban J connectivity index is 0. The highest BCUT2D eigenvalue weighted by Crippen LogP contribution is 2.04. The molecular formula is C10H18S. The highest BCUT2D eigenvalue weighted by molar-refractivity contribution is 8.01. The van der Waals surface area contributed by atoms with Crippen LogP contribution in [0, 0.1) is 0 Å². The van der Waals surface area contributed by atoms with Gasteiger partial charge < -0.3 is 0 Å². The van der Waals surface area contributed by atoms with Crippen LogP contribution in [0.2, 0.25) is 0 Å². The molecule has 0 aromatic carbocycles. The second kappa shape index (κ2) is 12.3. The minimum Gasteiger partial charge on any atom is -0.137 e. The summed E-state index contributed by atoms with van der Waals surface area (Å²) in [4.78, 5) is 0. The van der Waals surface area contributed by atoms with Crippen molar-refractivity contribution in [1.82, 2.24) is 0 Å². The third-order valence-electron chi connectivity index (χ3n) is 0.849. The number of hydrogen-bond acceptors (Lipinski definition) is 1. The Morgan fingerprint density at radius 3 is 2.18 bits per heavy atom. The zero-order valence-corrected chi connectivity index (χ0v) is 8.74. The summed E-state index contributed by atoms with van der Waals surface area (Å²) >= 11 is 1.69. The smallest absolute Gasteiger partial charge is 0.0142 e. The van der Waals surface area contributed by atoms with Crippen LogP contribution in [0.25, 0.3) is 0 Å². The van der Waals surface area contributed by atoms with Crippen LogP contribution >= 0.6 is 11.8 Å². The zero-order chi connectivity index (χ0) is 9.11. The van der Waals surface area contributed by atoms with Gasteiger partial charge in [0.05, 0.1) is 0 Å². The van der Waals surface area contributed by atoms with Gasteiger partial charge in [-0.25, -0.2) is 0 Å². The van der Waals surface area contributed by atoms with E-state index in [0.29, 0.717) is 0 Å². The van der Waals surface area contributed by atoms with E-state index in [0.717, 1.165) is 0 Å². The van der Waals surface area contributed by atoms with Gasteiger partial charge in [0, 0.05) is 0 Å². The average molecular weight is 170 g/mol. The zero-order valence-electron chi connectivity index (χ0n) is 7.92. The van der Waals surface area contributed by atoms with Crippen molar-refractivity contribution in [2.75, 3.05) is 6.26 Å². The predicted octanol–water partition coefficient (Wildman–Crippen LogP) is 4.02. The lowest BCUT2D eigenvalue weighted by atomic mass is 10.3. The fraction of sp³-hybridized carbons (Fsp3) is 0.400. The van der Waals surface area contributed by atoms with Crippen molar-refractivity contribution in [2.45, 2.75) is 20.8 Å². The van der Waals surface area contributed by atoms with Gasteiger partial charge in [-0.05, 0) is 24.2 Å². The first kappa shape index (κ1) is 13.2. The van der Waals surface area contributed by atoms with E-state index < -0.39 is 0 Å². The van der Waals surface area contributed by atoms with Crippen LogP contribution in [0.4, 0.5) is 0 Å². The van der Waals surface area contributed by atoms with Crippen molar-refractivity contribution in [3.05, 3.63) is 35.8 Å². The Bertz CT molecular complexity index is 132. The van der Waals surface area contributed by atoms with E-state index in [4.69, 9.17) is 0 Å². The Morgan fingerprint density at radius 2 is 1.91 bits per heavy atom. The molecule has 64 valence electrons. The molecule has 11 heavy (non-hydrogen) atoms. The molecule has 0 saturated heterocycles. The van der Waals surface area contributed by atoms with Crippen LogP contribution in [-0.2, 0) is 0 Å². The summed E-state index contributed by atoms with van der Waals surface area (Å²) in [5, 5.41) is 2.06. The monoisotopic (exact) mass is 170 g/mol. The van der Waals surface area contributed by atoms with E-state index in [9.17, 15) is 0 Å². The third kappa shape index (κ3) is 9.57. The van der Waals surface area contributed by atoms with Crippen molar-refractivity contribution in [3.8, 4) is 0 Å². The van der Waals surface area contributed by atoms with Crippen molar-refractivity contribution in [1.29, 1.82) is 0 Å². The molecule has 0 fully saturated rings. The molecule has 1 heteroatoms. The van der Waals surface area contributed by atoms with Gasteiger partial charge in [-0.3, -0.25) is 0 Å². The normalized spacial score (nSPS) is 10.7. The maximum atomic E-state index is 3.67. The third-order valence-corrected chi connectivity index (χ3v) is 1.36. The molecule has 0 atom stereocenters.